The van der Waals surface area contributed by atoms with Gasteiger partial charge in [-0.3, -0.25) is 4.79 Å². The number of aliphatic carboxylic acids is 1. The van der Waals surface area contributed by atoms with Crippen molar-refractivity contribution in [2.24, 2.45) is 11.0 Å². The molecule has 1 fully saturated rings. The Labute approximate surface area is 108 Å². The van der Waals surface area contributed by atoms with Crippen LogP contribution in [0.4, 0.5) is 0 Å². The Balaban J connectivity index is 2.64. The summed E-state index contributed by atoms with van der Waals surface area (Å²) in [4.78, 5) is 14.1. The summed E-state index contributed by atoms with van der Waals surface area (Å²) in [7, 11) is 0. The van der Waals surface area contributed by atoms with E-state index in [1.165, 1.54) is 25.7 Å². The summed E-state index contributed by atoms with van der Waals surface area (Å²) >= 11 is 0. The Morgan fingerprint density at radius 1 is 1.00 bits per heavy atom. The van der Waals surface area contributed by atoms with E-state index in [2.05, 4.69) is 10.0 Å². The monoisotopic (exact) mass is 253 g/mol. The number of azide groups is 1. The number of carboxylic acids is 1. The van der Waals surface area contributed by atoms with Gasteiger partial charge < -0.3 is 5.11 Å². The van der Waals surface area contributed by atoms with Gasteiger partial charge in [-0.1, -0.05) is 56.5 Å². The van der Waals surface area contributed by atoms with Crippen molar-refractivity contribution in [3.8, 4) is 0 Å². The van der Waals surface area contributed by atoms with Crippen LogP contribution >= 0.6 is 0 Å². The van der Waals surface area contributed by atoms with E-state index in [0.29, 0.717) is 12.8 Å². The Hall–Kier alpha value is -1.22. The minimum Gasteiger partial charge on any atom is -0.481 e. The van der Waals surface area contributed by atoms with Gasteiger partial charge in [0.2, 0.25) is 0 Å². The number of carbonyl (C=O) groups is 1. The molecule has 0 aromatic carbocycles. The van der Waals surface area contributed by atoms with Gasteiger partial charge in [-0.2, -0.15) is 0 Å². The van der Waals surface area contributed by atoms with E-state index in [9.17, 15) is 9.90 Å². The van der Waals surface area contributed by atoms with E-state index in [1.54, 1.807) is 0 Å². The van der Waals surface area contributed by atoms with Crippen LogP contribution in [0, 0.1) is 5.92 Å². The summed E-state index contributed by atoms with van der Waals surface area (Å²) in [6.45, 7) is 0. The maximum Gasteiger partial charge on any atom is 0.306 e. The molecule has 0 radical (unpaired) electrons. The molecular weight excluding hydrogens is 230 g/mol. The van der Waals surface area contributed by atoms with Gasteiger partial charge in [-0.15, -0.1) is 0 Å². The largest absolute Gasteiger partial charge is 0.481 e. The predicted molar refractivity (Wildman–Crippen MR) is 70.2 cm³/mol. The van der Waals surface area contributed by atoms with E-state index in [1.807, 2.05) is 0 Å². The molecule has 1 N–H and O–H groups in total. The van der Waals surface area contributed by atoms with Crippen molar-refractivity contribution < 1.29 is 9.90 Å². The van der Waals surface area contributed by atoms with Crippen molar-refractivity contribution in [1.29, 1.82) is 0 Å². The van der Waals surface area contributed by atoms with Gasteiger partial charge >= 0.3 is 5.97 Å². The lowest BCUT2D eigenvalue weighted by Crippen LogP contribution is -2.26. The van der Waals surface area contributed by atoms with Gasteiger partial charge in [0.25, 0.3) is 0 Å². The summed E-state index contributed by atoms with van der Waals surface area (Å²) in [5, 5.41) is 13.0. The fourth-order valence-electron chi connectivity index (χ4n) is 2.66. The van der Waals surface area contributed by atoms with E-state index >= 15 is 0 Å². The molecule has 5 heteroatoms. The standard InChI is InChI=1S/C13H23N3O2/c14-16-15-12-10-8-6-4-2-1-3-5-7-9-11(12)13(17)18/h11-12H,1-10H2,(H,17,18). The molecule has 1 aliphatic carbocycles. The molecule has 18 heavy (non-hydrogen) atoms. The number of nitrogens with zero attached hydrogens (tertiary/aromatic N) is 3. The van der Waals surface area contributed by atoms with Crippen molar-refractivity contribution in [2.45, 2.75) is 70.3 Å². The molecule has 0 bridgehead atoms. The number of hydrogen-bond acceptors (Lipinski definition) is 2. The normalized spacial score (nSPS) is 27.3. The fraction of sp³-hybridized carbons (Fsp3) is 0.923. The van der Waals surface area contributed by atoms with Crippen molar-refractivity contribution >= 4 is 5.97 Å². The van der Waals surface area contributed by atoms with Gasteiger partial charge in [-0.05, 0) is 18.4 Å². The predicted octanol–water partition coefficient (Wildman–Crippen LogP) is 4.28. The molecule has 0 heterocycles. The van der Waals surface area contributed by atoms with Crippen molar-refractivity contribution in [2.75, 3.05) is 0 Å². The van der Waals surface area contributed by atoms with Crippen molar-refractivity contribution in [3.05, 3.63) is 10.4 Å². The minimum atomic E-state index is -0.815. The Morgan fingerprint density at radius 2 is 1.50 bits per heavy atom. The third-order valence-electron chi connectivity index (χ3n) is 3.75. The molecule has 0 aliphatic heterocycles. The van der Waals surface area contributed by atoms with Gasteiger partial charge in [0.15, 0.2) is 0 Å². The van der Waals surface area contributed by atoms with Crippen LogP contribution in [0.2, 0.25) is 0 Å². The van der Waals surface area contributed by atoms with Gasteiger partial charge in [0.1, 0.15) is 0 Å². The molecule has 2 unspecified atom stereocenters. The van der Waals surface area contributed by atoms with Gasteiger partial charge in [-0.25, -0.2) is 0 Å². The smallest absolute Gasteiger partial charge is 0.306 e. The maximum absolute atomic E-state index is 11.3. The average molecular weight is 253 g/mol. The molecule has 0 amide bonds. The molecule has 0 aromatic rings. The number of rotatable bonds is 2. The zero-order valence-corrected chi connectivity index (χ0v) is 10.9. The molecule has 0 aromatic heterocycles. The first-order valence-corrected chi connectivity index (χ1v) is 7.02. The van der Waals surface area contributed by atoms with Crippen LogP contribution in [0.3, 0.4) is 0 Å². The number of hydrogen-bond donors (Lipinski definition) is 1. The summed E-state index contributed by atoms with van der Waals surface area (Å²) in [6.07, 6.45) is 10.4. The highest BCUT2D eigenvalue weighted by Gasteiger charge is 2.26. The van der Waals surface area contributed by atoms with Crippen molar-refractivity contribution in [3.63, 3.8) is 0 Å². The summed E-state index contributed by atoms with van der Waals surface area (Å²) in [5.41, 5.74) is 8.57. The molecule has 5 nitrogen and oxygen atoms in total. The molecule has 0 saturated heterocycles. The third-order valence-corrected chi connectivity index (χ3v) is 3.75. The van der Waals surface area contributed by atoms with Crippen LogP contribution in [-0.4, -0.2) is 17.1 Å². The summed E-state index contributed by atoms with van der Waals surface area (Å²) in [6, 6.07) is -0.369. The second-order valence-electron chi connectivity index (χ2n) is 5.12. The van der Waals surface area contributed by atoms with E-state index < -0.39 is 11.9 Å². The fourth-order valence-corrected chi connectivity index (χ4v) is 2.66. The Kier molecular flexibility index (Phi) is 7.26. The van der Waals surface area contributed by atoms with E-state index in [0.717, 1.165) is 25.7 Å². The molecule has 1 rings (SSSR count). The summed E-state index contributed by atoms with van der Waals surface area (Å²) in [5.74, 6) is -1.32. The molecular formula is C13H23N3O2. The molecule has 0 spiro atoms. The van der Waals surface area contributed by atoms with Crippen LogP contribution < -0.4 is 0 Å². The second-order valence-corrected chi connectivity index (χ2v) is 5.12. The van der Waals surface area contributed by atoms with Crippen LogP contribution in [0.1, 0.15) is 64.2 Å². The molecule has 102 valence electrons. The molecule has 1 saturated carbocycles. The Morgan fingerprint density at radius 3 is 2.00 bits per heavy atom. The highest BCUT2D eigenvalue weighted by atomic mass is 16.4. The van der Waals surface area contributed by atoms with Gasteiger partial charge in [0.05, 0.1) is 12.0 Å². The van der Waals surface area contributed by atoms with Gasteiger partial charge in [0, 0.05) is 4.91 Å². The zero-order valence-electron chi connectivity index (χ0n) is 10.9. The van der Waals surface area contributed by atoms with Crippen LogP contribution in [0.25, 0.3) is 10.4 Å². The van der Waals surface area contributed by atoms with Crippen molar-refractivity contribution in [1.82, 2.24) is 0 Å². The topological polar surface area (TPSA) is 86.1 Å². The quantitative estimate of drug-likeness (QED) is 0.452. The highest BCUT2D eigenvalue weighted by Crippen LogP contribution is 2.24. The SMILES string of the molecule is [N-]=[N+]=NC1CCCCCCCCCCC1C(=O)O. The molecule has 2 atom stereocenters. The van der Waals surface area contributed by atoms with Crippen LogP contribution in [-0.2, 0) is 4.79 Å². The van der Waals surface area contributed by atoms with Crippen LogP contribution in [0.5, 0.6) is 0 Å². The van der Waals surface area contributed by atoms with E-state index in [-0.39, 0.29) is 6.04 Å². The lowest BCUT2D eigenvalue weighted by atomic mass is 9.89. The van der Waals surface area contributed by atoms with Crippen LogP contribution in [0.15, 0.2) is 5.11 Å². The zero-order chi connectivity index (χ0) is 13.2. The van der Waals surface area contributed by atoms with E-state index in [4.69, 9.17) is 5.53 Å². The Bertz CT molecular complexity index is 285. The first-order valence-electron chi connectivity index (χ1n) is 7.02. The minimum absolute atomic E-state index is 0.369. The second kappa shape index (κ2) is 8.81. The first kappa shape index (κ1) is 14.8. The highest BCUT2D eigenvalue weighted by molar-refractivity contribution is 5.70. The summed E-state index contributed by atoms with van der Waals surface area (Å²) < 4.78 is 0. The third kappa shape index (κ3) is 5.41. The first-order chi connectivity index (χ1) is 8.75. The maximum atomic E-state index is 11.3. The average Bonchev–Trinajstić information content (AvgIpc) is 2.32. The number of carboxylic acid groups (broad SMARTS) is 1. The molecule has 1 aliphatic rings. The lowest BCUT2D eigenvalue weighted by Gasteiger charge is -2.20. The lowest BCUT2D eigenvalue weighted by molar-refractivity contribution is -0.142.